The van der Waals surface area contributed by atoms with E-state index in [1.807, 2.05) is 19.1 Å². The highest BCUT2D eigenvalue weighted by atomic mass is 16.7. The van der Waals surface area contributed by atoms with Crippen LogP contribution in [0, 0.1) is 37.5 Å². The number of rotatable bonds is 7. The van der Waals surface area contributed by atoms with Crippen LogP contribution in [0.3, 0.4) is 0 Å². The number of ether oxygens (including phenoxy) is 7. The summed E-state index contributed by atoms with van der Waals surface area (Å²) in [6, 6.07) is 3.64. The van der Waals surface area contributed by atoms with Crippen LogP contribution in [-0.4, -0.2) is 200 Å². The molecule has 4 bridgehead atoms. The first-order valence-corrected chi connectivity index (χ1v) is 26.0. The van der Waals surface area contributed by atoms with E-state index in [0.717, 1.165) is 5.56 Å². The molecule has 25 nitrogen and oxygen atoms in total. The third-order valence-corrected chi connectivity index (χ3v) is 15.6. The Balaban J connectivity index is 0.000000335. The van der Waals surface area contributed by atoms with E-state index in [9.17, 15) is 65.4 Å². The number of esters is 1. The number of fused-ring (bicyclic) bond motifs is 2. The predicted octanol–water partition coefficient (Wildman–Crippen LogP) is 0.762. The number of anilines is 1. The summed E-state index contributed by atoms with van der Waals surface area (Å²) < 4.78 is 40.8. The first-order valence-electron chi connectivity index (χ1n) is 26.0. The monoisotopic (exact) mass is 1130 g/mol. The second-order valence-corrected chi connectivity index (χ2v) is 21.2. The fourth-order valence-corrected chi connectivity index (χ4v) is 10.7. The van der Waals surface area contributed by atoms with Crippen molar-refractivity contribution in [1.82, 2.24) is 9.38 Å². The van der Waals surface area contributed by atoms with Gasteiger partial charge in [-0.15, -0.1) is 0 Å². The quantitative estimate of drug-likeness (QED) is 0.0897. The lowest BCUT2D eigenvalue weighted by Crippen LogP contribution is -2.60. The van der Waals surface area contributed by atoms with Gasteiger partial charge in [0.05, 0.1) is 55.3 Å². The molecule has 18 atom stereocenters. The van der Waals surface area contributed by atoms with Crippen LogP contribution in [0.4, 0.5) is 5.69 Å². The molecule has 0 spiro atoms. The third-order valence-electron chi connectivity index (χ3n) is 15.6. The van der Waals surface area contributed by atoms with Crippen molar-refractivity contribution < 1.29 is 109 Å². The normalized spacial score (nSPS) is 36.7. The lowest BCUT2D eigenvalue weighted by atomic mass is 9.78. The SMILES string of the molecule is CO[C@H]1/C=C/O[C@@]2(C)Oc3c(C)c(O)c4c(O)c(c5c(nc6cc(C)ccn65)c4c3C2=O)NC(=O)/C(C)=C\C=C\[C@H](C)[C@H](O)[C@@H](C)[C@@H](O)[C@@H](C)[C@H](OC(C)=O)[C@@H]1C.OC[C@H]1O[C@@H](O[C@@H]2[C@@H](CO)O[C@](O)(CO)[C@H]2O)[C@H](O)[C@@H](O)[C@H]1O. The van der Waals surface area contributed by atoms with Crippen molar-refractivity contribution in [2.24, 2.45) is 23.7 Å². The van der Waals surface area contributed by atoms with Crippen LogP contribution >= 0.6 is 0 Å². The predicted molar refractivity (Wildman–Crippen MR) is 282 cm³/mol. The number of aromatic nitrogens is 2. The van der Waals surface area contributed by atoms with Gasteiger partial charge in [0.1, 0.15) is 82.7 Å². The summed E-state index contributed by atoms with van der Waals surface area (Å²) in [6.07, 6.45) is -6.59. The molecule has 2 aromatic carbocycles. The molecule has 2 fully saturated rings. The Morgan fingerprint density at radius 1 is 0.850 bits per heavy atom. The number of aliphatic hydroxyl groups excluding tert-OH is 9. The Morgan fingerprint density at radius 2 is 1.52 bits per heavy atom. The number of allylic oxidation sites excluding steroid dienone is 2. The number of hydrogen-bond acceptors (Lipinski definition) is 23. The molecule has 2 aromatic heterocycles. The van der Waals surface area contributed by atoms with Crippen molar-refractivity contribution in [2.75, 3.05) is 32.2 Å². The number of methoxy groups -OCH3 is 1. The van der Waals surface area contributed by atoms with Crippen LogP contribution in [-0.2, 0) is 38.0 Å². The number of benzene rings is 2. The van der Waals surface area contributed by atoms with Crippen molar-refractivity contribution >= 4 is 50.8 Å². The zero-order valence-electron chi connectivity index (χ0n) is 45.8. The number of pyridine rings is 1. The molecule has 0 aliphatic carbocycles. The molecule has 440 valence electrons. The molecular formula is C55H73N3O22. The maximum Gasteiger partial charge on any atom is 0.312 e. The van der Waals surface area contributed by atoms with E-state index < -0.39 is 152 Å². The summed E-state index contributed by atoms with van der Waals surface area (Å²) in [6.45, 7) is 12.4. The maximum atomic E-state index is 14.6. The summed E-state index contributed by atoms with van der Waals surface area (Å²) >= 11 is 0. The highest BCUT2D eigenvalue weighted by Crippen LogP contribution is 2.54. The Kier molecular flexibility index (Phi) is 18.7. The van der Waals surface area contributed by atoms with Gasteiger partial charge in [-0.2, -0.15) is 0 Å². The molecule has 4 aromatic rings. The van der Waals surface area contributed by atoms with Gasteiger partial charge >= 0.3 is 11.8 Å². The van der Waals surface area contributed by atoms with Crippen LogP contribution in [0.5, 0.6) is 17.2 Å². The molecule has 4 aliphatic heterocycles. The van der Waals surface area contributed by atoms with E-state index in [1.165, 1.54) is 40.2 Å². The molecule has 25 heteroatoms. The molecule has 0 unspecified atom stereocenters. The summed E-state index contributed by atoms with van der Waals surface area (Å²) in [5.41, 5.74) is 2.18. The number of hydrogen-bond donors (Lipinski definition) is 13. The topological polar surface area (TPSA) is 388 Å². The van der Waals surface area contributed by atoms with Gasteiger partial charge in [-0.1, -0.05) is 45.9 Å². The number of phenolic OH excluding ortho intramolecular Hbond substituents is 2. The highest BCUT2D eigenvalue weighted by molar-refractivity contribution is 6.28. The van der Waals surface area contributed by atoms with Gasteiger partial charge in [0.2, 0.25) is 5.79 Å². The van der Waals surface area contributed by atoms with Gasteiger partial charge in [-0.25, -0.2) is 4.98 Å². The van der Waals surface area contributed by atoms with Crippen molar-refractivity contribution in [1.29, 1.82) is 0 Å². The Labute approximate surface area is 459 Å². The highest BCUT2D eigenvalue weighted by Gasteiger charge is 2.57. The number of phenols is 2. The largest absolute Gasteiger partial charge is 0.507 e. The number of Topliss-reactive ketones (excluding diaryl/α,β-unsaturated/α-hetero) is 1. The van der Waals surface area contributed by atoms with Crippen LogP contribution in [0.1, 0.15) is 70.0 Å². The number of carbonyl (C=O) groups is 3. The van der Waals surface area contributed by atoms with Gasteiger partial charge in [0.15, 0.2) is 12.0 Å². The summed E-state index contributed by atoms with van der Waals surface area (Å²) in [5, 5.41) is 126. The van der Waals surface area contributed by atoms with Crippen molar-refractivity contribution in [3.05, 3.63) is 71.2 Å². The molecule has 1 amide bonds. The number of aromatic hydroxyl groups is 2. The second-order valence-electron chi connectivity index (χ2n) is 21.2. The summed E-state index contributed by atoms with van der Waals surface area (Å²) in [5.74, 6) is -9.33. The fourth-order valence-electron chi connectivity index (χ4n) is 10.7. The minimum absolute atomic E-state index is 0.0185. The molecular weight excluding hydrogens is 1050 g/mol. The third kappa shape index (κ3) is 11.4. The van der Waals surface area contributed by atoms with E-state index in [1.54, 1.807) is 63.4 Å². The van der Waals surface area contributed by atoms with Crippen LogP contribution in [0.25, 0.3) is 27.5 Å². The van der Waals surface area contributed by atoms with E-state index in [2.05, 4.69) is 5.32 Å². The second kappa shape index (κ2) is 24.3. The van der Waals surface area contributed by atoms with Crippen LogP contribution in [0.15, 0.2) is 54.5 Å². The number of nitrogens with one attached hydrogen (secondary N) is 1. The van der Waals surface area contributed by atoms with Crippen molar-refractivity contribution in [3.8, 4) is 17.2 Å². The zero-order chi connectivity index (χ0) is 59.2. The number of aryl methyl sites for hydroxylation is 1. The summed E-state index contributed by atoms with van der Waals surface area (Å²) in [7, 11) is 1.46. The lowest BCUT2D eigenvalue weighted by Gasteiger charge is -2.41. The van der Waals surface area contributed by atoms with Crippen LogP contribution < -0.4 is 10.1 Å². The molecule has 80 heavy (non-hydrogen) atoms. The summed E-state index contributed by atoms with van der Waals surface area (Å²) in [4.78, 5) is 45.6. The minimum atomic E-state index is -2.37. The number of nitrogens with zero attached hydrogens (tertiary/aromatic N) is 2. The number of amides is 1. The smallest absolute Gasteiger partial charge is 0.312 e. The number of ketones is 1. The molecule has 4 aliphatic rings. The minimum Gasteiger partial charge on any atom is -0.507 e. The molecule has 13 N–H and O–H groups in total. The van der Waals surface area contributed by atoms with Gasteiger partial charge in [-0.3, -0.25) is 18.8 Å². The number of aliphatic hydroxyl groups is 10. The Morgan fingerprint density at radius 3 is 2.15 bits per heavy atom. The van der Waals surface area contributed by atoms with Crippen LogP contribution in [0.2, 0.25) is 0 Å². The average molecular weight is 1130 g/mol. The molecule has 2 saturated heterocycles. The standard InChI is InChI=1S/C43H51N3O11.C12H22O11/c1-19-14-16-46-28(18-19)44-32-29-30-37(50)25(7)40-31(29)41(52)43(9,57-40)55-17-15-27(54-10)22(4)39(56-26(8)47)24(6)36(49)23(5)35(48)20(2)12-11-13-21(3)42(53)45-33(34(32)46)38(30)51;13-1-4-6(16)7(17)8(18)11(21-4)22-9-5(2-14)23-12(20,3-15)10(9)19/h11-18,20,22-24,27,35-36,39,48-51H,1-10H3,(H,45,53);4-11,13-20H,1-3H2/b12-11+,17-15+,21-13-;/t20-,22+,23+,24+,27-,35-,36+,39+,43-;4-,5-,6+,7+,8-,9-,10+,11+,12-/m01/s1. The first kappa shape index (κ1) is 61.7. The molecule has 6 heterocycles. The van der Waals surface area contributed by atoms with Crippen molar-refractivity contribution in [3.63, 3.8) is 0 Å². The average Bonchev–Trinajstić information content (AvgIpc) is 3.91. The van der Waals surface area contributed by atoms with Crippen molar-refractivity contribution in [2.45, 2.75) is 147 Å². The molecule has 0 saturated carbocycles. The van der Waals surface area contributed by atoms with Gasteiger partial charge in [-0.05, 0) is 44.5 Å². The number of imidazole rings is 1. The molecule has 8 rings (SSSR count). The van der Waals surface area contributed by atoms with Gasteiger partial charge in [0, 0.05) is 67.3 Å². The lowest BCUT2D eigenvalue weighted by molar-refractivity contribution is -0.318. The van der Waals surface area contributed by atoms with Gasteiger partial charge < -0.3 is 99.8 Å². The zero-order valence-corrected chi connectivity index (χ0v) is 45.8. The Hall–Kier alpha value is -5.88. The van der Waals surface area contributed by atoms with Gasteiger partial charge in [0.25, 0.3) is 11.7 Å². The first-order chi connectivity index (χ1) is 37.6. The van der Waals surface area contributed by atoms with E-state index >= 15 is 0 Å². The fraction of sp³-hybridized carbons (Fsp3) is 0.564. The maximum absolute atomic E-state index is 14.6. The van der Waals surface area contributed by atoms with E-state index in [4.69, 9.17) is 48.4 Å². The van der Waals surface area contributed by atoms with E-state index in [0.29, 0.717) is 5.65 Å². The Bertz CT molecular complexity index is 3050. The number of carbonyl (C=O) groups excluding carboxylic acids is 3. The van der Waals surface area contributed by atoms with E-state index in [-0.39, 0.29) is 55.7 Å². The molecule has 0 radical (unpaired) electrons.